The molecule has 1 aromatic carbocycles. The van der Waals surface area contributed by atoms with Crippen molar-refractivity contribution in [3.05, 3.63) is 35.9 Å². The Labute approximate surface area is 102 Å². The quantitative estimate of drug-likeness (QED) is 0.786. The number of carbonyl (C=O) groups excluding carboxylic acids is 1. The van der Waals surface area contributed by atoms with Crippen molar-refractivity contribution in [2.24, 2.45) is 0 Å². The van der Waals surface area contributed by atoms with Gasteiger partial charge in [-0.05, 0) is 33.3 Å². The Morgan fingerprint density at radius 1 is 1.06 bits per heavy atom. The Balaban J connectivity index is 2.89. The van der Waals surface area contributed by atoms with E-state index in [9.17, 15) is 9.18 Å². The number of hydrogen-bond acceptors (Lipinski definition) is 1. The predicted octanol–water partition coefficient (Wildman–Crippen LogP) is 3.34. The summed E-state index contributed by atoms with van der Waals surface area (Å²) in [6, 6.07) is 8.58. The molecule has 1 unspecified atom stereocenters. The van der Waals surface area contributed by atoms with Gasteiger partial charge in [0.1, 0.15) is 0 Å². The van der Waals surface area contributed by atoms with Gasteiger partial charge in [-0.15, -0.1) is 0 Å². The molecule has 0 aliphatic heterocycles. The van der Waals surface area contributed by atoms with E-state index in [-0.39, 0.29) is 12.1 Å². The van der Waals surface area contributed by atoms with Gasteiger partial charge in [-0.25, -0.2) is 4.39 Å². The summed E-state index contributed by atoms with van der Waals surface area (Å²) in [6.07, 6.45) is -1.57. The fourth-order valence-corrected chi connectivity index (χ4v) is 2.00. The Hall–Kier alpha value is -1.38. The average Bonchev–Trinajstić information content (AvgIpc) is 2.28. The number of benzene rings is 1. The molecule has 0 heterocycles. The maximum atomic E-state index is 14.1. The van der Waals surface area contributed by atoms with Crippen molar-refractivity contribution in [1.82, 2.24) is 4.90 Å². The molecule has 0 aromatic heterocycles. The van der Waals surface area contributed by atoms with Gasteiger partial charge in [-0.3, -0.25) is 4.79 Å². The van der Waals surface area contributed by atoms with Gasteiger partial charge < -0.3 is 4.90 Å². The van der Waals surface area contributed by atoms with E-state index in [1.54, 1.807) is 29.2 Å². The molecule has 94 valence electrons. The summed E-state index contributed by atoms with van der Waals surface area (Å²) in [7, 11) is 0. The summed E-state index contributed by atoms with van der Waals surface area (Å²) in [4.78, 5) is 13.7. The van der Waals surface area contributed by atoms with Crippen LogP contribution in [-0.4, -0.2) is 22.9 Å². The van der Waals surface area contributed by atoms with Crippen LogP contribution in [0.4, 0.5) is 4.39 Å². The molecule has 0 bridgehead atoms. The maximum Gasteiger partial charge on any atom is 0.262 e. The minimum Gasteiger partial charge on any atom is -0.335 e. The molecule has 0 saturated carbocycles. The standard InChI is InChI=1S/C14H20FNO/c1-10(2)16(11(3)4)14(17)13(15)12-8-6-5-7-9-12/h5-11,13H,1-4H3. The Bertz CT molecular complexity index is 354. The molecule has 2 nitrogen and oxygen atoms in total. The highest BCUT2D eigenvalue weighted by Gasteiger charge is 2.28. The third-order valence-electron chi connectivity index (χ3n) is 2.68. The summed E-state index contributed by atoms with van der Waals surface area (Å²) < 4.78 is 14.1. The third-order valence-corrected chi connectivity index (χ3v) is 2.68. The van der Waals surface area contributed by atoms with E-state index in [0.29, 0.717) is 5.56 Å². The molecule has 3 heteroatoms. The van der Waals surface area contributed by atoms with E-state index >= 15 is 0 Å². The second-order valence-electron chi connectivity index (χ2n) is 4.71. The van der Waals surface area contributed by atoms with Crippen LogP contribution < -0.4 is 0 Å². The molecule has 0 spiro atoms. The maximum absolute atomic E-state index is 14.1. The highest BCUT2D eigenvalue weighted by atomic mass is 19.1. The van der Waals surface area contributed by atoms with Gasteiger partial charge >= 0.3 is 0 Å². The summed E-state index contributed by atoms with van der Waals surface area (Å²) in [5, 5.41) is 0. The van der Waals surface area contributed by atoms with Crippen LogP contribution in [0.1, 0.15) is 39.4 Å². The predicted molar refractivity (Wildman–Crippen MR) is 67.4 cm³/mol. The van der Waals surface area contributed by atoms with Gasteiger partial charge in [0.25, 0.3) is 5.91 Å². The van der Waals surface area contributed by atoms with Gasteiger partial charge in [0, 0.05) is 12.1 Å². The number of amides is 1. The van der Waals surface area contributed by atoms with Crippen molar-refractivity contribution in [2.75, 3.05) is 0 Å². The van der Waals surface area contributed by atoms with Crippen LogP contribution in [0.25, 0.3) is 0 Å². The number of alkyl halides is 1. The van der Waals surface area contributed by atoms with Gasteiger partial charge in [0.05, 0.1) is 0 Å². The number of carbonyl (C=O) groups is 1. The summed E-state index contributed by atoms with van der Waals surface area (Å²) in [5.74, 6) is -0.457. The fourth-order valence-electron chi connectivity index (χ4n) is 2.00. The lowest BCUT2D eigenvalue weighted by atomic mass is 10.1. The molecule has 0 aliphatic rings. The van der Waals surface area contributed by atoms with Crippen molar-refractivity contribution >= 4 is 5.91 Å². The molecule has 0 saturated heterocycles. The van der Waals surface area contributed by atoms with Crippen molar-refractivity contribution in [3.8, 4) is 0 Å². The van der Waals surface area contributed by atoms with Crippen LogP contribution in [0.3, 0.4) is 0 Å². The second kappa shape index (κ2) is 5.80. The molecular weight excluding hydrogens is 217 g/mol. The van der Waals surface area contributed by atoms with Gasteiger partial charge in [-0.2, -0.15) is 0 Å². The van der Waals surface area contributed by atoms with Crippen LogP contribution in [-0.2, 0) is 4.79 Å². The van der Waals surface area contributed by atoms with Crippen LogP contribution in [0.5, 0.6) is 0 Å². The highest BCUT2D eigenvalue weighted by Crippen LogP contribution is 2.22. The van der Waals surface area contributed by atoms with Crippen LogP contribution >= 0.6 is 0 Å². The van der Waals surface area contributed by atoms with Crippen LogP contribution in [0, 0.1) is 0 Å². The topological polar surface area (TPSA) is 20.3 Å². The largest absolute Gasteiger partial charge is 0.335 e. The first-order valence-corrected chi connectivity index (χ1v) is 5.96. The molecule has 1 rings (SSSR count). The molecule has 0 radical (unpaired) electrons. The van der Waals surface area contributed by atoms with Crippen LogP contribution in [0.15, 0.2) is 30.3 Å². The van der Waals surface area contributed by atoms with Gasteiger partial charge in [0.2, 0.25) is 6.17 Å². The van der Waals surface area contributed by atoms with Crippen molar-refractivity contribution in [2.45, 2.75) is 46.0 Å². The molecule has 1 atom stereocenters. The smallest absolute Gasteiger partial charge is 0.262 e. The van der Waals surface area contributed by atoms with E-state index in [2.05, 4.69) is 0 Å². The molecular formula is C14H20FNO. The Kier molecular flexibility index (Phi) is 4.67. The van der Waals surface area contributed by atoms with Crippen molar-refractivity contribution < 1.29 is 9.18 Å². The number of hydrogen-bond donors (Lipinski definition) is 0. The minimum atomic E-state index is -1.57. The lowest BCUT2D eigenvalue weighted by Crippen LogP contribution is -2.43. The lowest BCUT2D eigenvalue weighted by Gasteiger charge is -2.32. The zero-order valence-electron chi connectivity index (χ0n) is 10.9. The number of halogens is 1. The molecule has 1 aromatic rings. The first-order valence-electron chi connectivity index (χ1n) is 5.96. The zero-order valence-corrected chi connectivity index (χ0v) is 10.9. The molecule has 17 heavy (non-hydrogen) atoms. The molecule has 0 fully saturated rings. The first kappa shape index (κ1) is 13.7. The Morgan fingerprint density at radius 3 is 1.94 bits per heavy atom. The molecule has 0 aliphatic carbocycles. The van der Waals surface area contributed by atoms with E-state index < -0.39 is 12.1 Å². The second-order valence-corrected chi connectivity index (χ2v) is 4.71. The van der Waals surface area contributed by atoms with Crippen molar-refractivity contribution in [3.63, 3.8) is 0 Å². The van der Waals surface area contributed by atoms with Gasteiger partial charge in [0.15, 0.2) is 0 Å². The Morgan fingerprint density at radius 2 is 1.53 bits per heavy atom. The van der Waals surface area contributed by atoms with E-state index in [1.165, 1.54) is 0 Å². The fraction of sp³-hybridized carbons (Fsp3) is 0.500. The average molecular weight is 237 g/mol. The first-order chi connectivity index (χ1) is 7.95. The summed E-state index contributed by atoms with van der Waals surface area (Å²) >= 11 is 0. The lowest BCUT2D eigenvalue weighted by molar-refractivity contribution is -0.140. The normalized spacial score (nSPS) is 12.9. The number of nitrogens with zero attached hydrogens (tertiary/aromatic N) is 1. The highest BCUT2D eigenvalue weighted by molar-refractivity contribution is 5.82. The van der Waals surface area contributed by atoms with E-state index in [4.69, 9.17) is 0 Å². The number of rotatable bonds is 4. The molecule has 0 N–H and O–H groups in total. The summed E-state index contributed by atoms with van der Waals surface area (Å²) in [6.45, 7) is 7.59. The van der Waals surface area contributed by atoms with Crippen LogP contribution in [0.2, 0.25) is 0 Å². The monoisotopic (exact) mass is 237 g/mol. The molecule has 1 amide bonds. The van der Waals surface area contributed by atoms with E-state index in [0.717, 1.165) is 0 Å². The van der Waals surface area contributed by atoms with E-state index in [1.807, 2.05) is 33.8 Å². The SMILES string of the molecule is CC(C)N(C(=O)C(F)c1ccccc1)C(C)C. The third kappa shape index (κ3) is 3.29. The van der Waals surface area contributed by atoms with Crippen molar-refractivity contribution in [1.29, 1.82) is 0 Å². The zero-order chi connectivity index (χ0) is 13.0. The van der Waals surface area contributed by atoms with Gasteiger partial charge in [-0.1, -0.05) is 30.3 Å². The minimum absolute atomic E-state index is 0.00413. The summed E-state index contributed by atoms with van der Waals surface area (Å²) in [5.41, 5.74) is 0.420.